The Kier molecular flexibility index (Phi) is 3.80. The second kappa shape index (κ2) is 5.32. The molecule has 0 aromatic heterocycles. The van der Waals surface area contributed by atoms with E-state index in [1.807, 2.05) is 24.3 Å². The number of aryl methyl sites for hydroxylation is 1. The number of amides is 1. The number of halogens is 1. The summed E-state index contributed by atoms with van der Waals surface area (Å²) in [6.45, 7) is 1.30. The Bertz CT molecular complexity index is 364. The van der Waals surface area contributed by atoms with Crippen molar-refractivity contribution in [2.45, 2.75) is 18.9 Å². The van der Waals surface area contributed by atoms with Gasteiger partial charge in [0.1, 0.15) is 0 Å². The van der Waals surface area contributed by atoms with E-state index in [9.17, 15) is 4.79 Å². The molecule has 1 aliphatic heterocycles. The minimum Gasteiger partial charge on any atom is -0.351 e. The number of benzene rings is 1. The van der Waals surface area contributed by atoms with Crippen LogP contribution in [-0.4, -0.2) is 25.0 Å². The fraction of sp³-hybridized carbons (Fsp3) is 0.417. The van der Waals surface area contributed by atoms with E-state index >= 15 is 0 Å². The lowest BCUT2D eigenvalue weighted by molar-refractivity contribution is -0.122. The Morgan fingerprint density at radius 3 is 2.75 bits per heavy atom. The van der Waals surface area contributed by atoms with E-state index in [1.54, 1.807) is 0 Å². The predicted octanol–water partition coefficient (Wildman–Crippen LogP) is 1.36. The summed E-state index contributed by atoms with van der Waals surface area (Å²) in [5.41, 5.74) is 1.25. The summed E-state index contributed by atoms with van der Waals surface area (Å²) in [5, 5.41) is 6.83. The molecule has 1 atom stereocenters. The molecule has 86 valence electrons. The van der Waals surface area contributed by atoms with Gasteiger partial charge in [-0.05, 0) is 30.5 Å². The van der Waals surface area contributed by atoms with Gasteiger partial charge in [0.05, 0.1) is 6.54 Å². The third-order valence-corrected chi connectivity index (χ3v) is 2.99. The van der Waals surface area contributed by atoms with Crippen molar-refractivity contribution >= 4 is 17.5 Å². The lowest BCUT2D eigenvalue weighted by Crippen LogP contribution is -2.52. The van der Waals surface area contributed by atoms with Crippen LogP contribution in [0, 0.1) is 0 Å². The van der Waals surface area contributed by atoms with Crippen molar-refractivity contribution in [1.29, 1.82) is 0 Å². The van der Waals surface area contributed by atoms with Crippen molar-refractivity contribution in [3.63, 3.8) is 0 Å². The van der Waals surface area contributed by atoms with Gasteiger partial charge >= 0.3 is 0 Å². The molecule has 0 saturated carbocycles. The first-order valence-electron chi connectivity index (χ1n) is 5.48. The van der Waals surface area contributed by atoms with Gasteiger partial charge in [-0.25, -0.2) is 0 Å². The average molecular weight is 239 g/mol. The van der Waals surface area contributed by atoms with Crippen molar-refractivity contribution in [1.82, 2.24) is 10.6 Å². The predicted molar refractivity (Wildman–Crippen MR) is 64.6 cm³/mol. The van der Waals surface area contributed by atoms with Crippen LogP contribution in [0.4, 0.5) is 0 Å². The van der Waals surface area contributed by atoms with E-state index in [1.165, 1.54) is 5.56 Å². The highest BCUT2D eigenvalue weighted by atomic mass is 35.5. The molecule has 1 unspecified atom stereocenters. The maximum Gasteiger partial charge on any atom is 0.234 e. The van der Waals surface area contributed by atoms with E-state index in [-0.39, 0.29) is 11.9 Å². The second-order valence-electron chi connectivity index (χ2n) is 4.06. The molecule has 2 N–H and O–H groups in total. The Morgan fingerprint density at radius 2 is 2.06 bits per heavy atom. The Hall–Kier alpha value is -1.06. The van der Waals surface area contributed by atoms with Crippen LogP contribution >= 0.6 is 11.6 Å². The highest BCUT2D eigenvalue weighted by Gasteiger charge is 2.16. The van der Waals surface area contributed by atoms with Crippen LogP contribution in [0.5, 0.6) is 0 Å². The van der Waals surface area contributed by atoms with Crippen LogP contribution in [-0.2, 0) is 11.2 Å². The summed E-state index contributed by atoms with van der Waals surface area (Å²) in [7, 11) is 0. The largest absolute Gasteiger partial charge is 0.351 e. The number of rotatable bonds is 3. The van der Waals surface area contributed by atoms with E-state index in [0.29, 0.717) is 6.54 Å². The molecule has 1 amide bonds. The fourth-order valence-corrected chi connectivity index (χ4v) is 1.98. The number of hydrogen-bond acceptors (Lipinski definition) is 2. The highest BCUT2D eigenvalue weighted by molar-refractivity contribution is 6.30. The van der Waals surface area contributed by atoms with E-state index < -0.39 is 0 Å². The number of carbonyl (C=O) groups is 1. The number of nitrogens with one attached hydrogen (secondary N) is 2. The zero-order valence-corrected chi connectivity index (χ0v) is 9.76. The van der Waals surface area contributed by atoms with Crippen molar-refractivity contribution in [3.05, 3.63) is 34.9 Å². The van der Waals surface area contributed by atoms with E-state index in [4.69, 9.17) is 11.6 Å². The molecule has 1 aromatic carbocycles. The maximum absolute atomic E-state index is 11.1. The van der Waals surface area contributed by atoms with Crippen LogP contribution in [0.25, 0.3) is 0 Å². The minimum absolute atomic E-state index is 0.0901. The van der Waals surface area contributed by atoms with Gasteiger partial charge < -0.3 is 10.6 Å². The van der Waals surface area contributed by atoms with E-state index in [2.05, 4.69) is 10.6 Å². The maximum atomic E-state index is 11.1. The minimum atomic E-state index is 0.0901. The van der Waals surface area contributed by atoms with Crippen LogP contribution in [0.15, 0.2) is 24.3 Å². The number of carbonyl (C=O) groups excluding carboxylic acids is 1. The summed E-state index contributed by atoms with van der Waals surface area (Å²) in [6, 6.07) is 8.10. The van der Waals surface area contributed by atoms with Gasteiger partial charge in [-0.1, -0.05) is 23.7 Å². The Balaban J connectivity index is 1.82. The van der Waals surface area contributed by atoms with Crippen molar-refractivity contribution in [2.75, 3.05) is 13.1 Å². The molecular formula is C12H15ClN2O. The van der Waals surface area contributed by atoms with Crippen molar-refractivity contribution in [2.24, 2.45) is 0 Å². The average Bonchev–Trinajstić information content (AvgIpc) is 2.28. The van der Waals surface area contributed by atoms with Crippen LogP contribution in [0.2, 0.25) is 5.02 Å². The monoisotopic (exact) mass is 238 g/mol. The molecule has 16 heavy (non-hydrogen) atoms. The van der Waals surface area contributed by atoms with Crippen molar-refractivity contribution in [3.8, 4) is 0 Å². The van der Waals surface area contributed by atoms with Gasteiger partial charge in [-0.3, -0.25) is 4.79 Å². The smallest absolute Gasteiger partial charge is 0.234 e. The SMILES string of the molecule is O=C1CNCC(CCc2ccc(Cl)cc2)N1. The normalized spacial score (nSPS) is 20.6. The molecule has 1 aliphatic rings. The molecular weight excluding hydrogens is 224 g/mol. The summed E-state index contributed by atoms with van der Waals surface area (Å²) in [5.74, 6) is 0.0901. The Labute approximate surface area is 100 Å². The summed E-state index contributed by atoms with van der Waals surface area (Å²) < 4.78 is 0. The molecule has 1 fully saturated rings. The van der Waals surface area contributed by atoms with Gasteiger partial charge in [0.15, 0.2) is 0 Å². The summed E-state index contributed by atoms with van der Waals surface area (Å²) in [4.78, 5) is 11.1. The van der Waals surface area contributed by atoms with Crippen LogP contribution < -0.4 is 10.6 Å². The lowest BCUT2D eigenvalue weighted by atomic mass is 10.0. The molecule has 0 spiro atoms. The third kappa shape index (κ3) is 3.22. The van der Waals surface area contributed by atoms with Crippen LogP contribution in [0.1, 0.15) is 12.0 Å². The second-order valence-corrected chi connectivity index (χ2v) is 4.50. The van der Waals surface area contributed by atoms with Crippen molar-refractivity contribution < 1.29 is 4.79 Å². The van der Waals surface area contributed by atoms with Crippen LogP contribution in [0.3, 0.4) is 0 Å². The molecule has 0 radical (unpaired) electrons. The zero-order chi connectivity index (χ0) is 11.4. The third-order valence-electron chi connectivity index (χ3n) is 2.74. The Morgan fingerprint density at radius 1 is 1.31 bits per heavy atom. The highest BCUT2D eigenvalue weighted by Crippen LogP contribution is 2.11. The first kappa shape index (κ1) is 11.4. The number of piperazine rings is 1. The topological polar surface area (TPSA) is 41.1 Å². The lowest BCUT2D eigenvalue weighted by Gasteiger charge is -2.24. The molecule has 1 aromatic rings. The van der Waals surface area contributed by atoms with E-state index in [0.717, 1.165) is 24.4 Å². The molecule has 2 rings (SSSR count). The molecule has 4 heteroatoms. The molecule has 1 saturated heterocycles. The first-order valence-corrected chi connectivity index (χ1v) is 5.86. The molecule has 1 heterocycles. The van der Waals surface area contributed by atoms with Gasteiger partial charge in [0.25, 0.3) is 0 Å². The van der Waals surface area contributed by atoms with Gasteiger partial charge in [-0.15, -0.1) is 0 Å². The number of hydrogen-bond donors (Lipinski definition) is 2. The zero-order valence-electron chi connectivity index (χ0n) is 9.00. The quantitative estimate of drug-likeness (QED) is 0.835. The van der Waals surface area contributed by atoms with Gasteiger partial charge in [-0.2, -0.15) is 0 Å². The fourth-order valence-electron chi connectivity index (χ4n) is 1.86. The van der Waals surface area contributed by atoms with Gasteiger partial charge in [0.2, 0.25) is 5.91 Å². The first-order chi connectivity index (χ1) is 7.74. The molecule has 0 bridgehead atoms. The van der Waals surface area contributed by atoms with Gasteiger partial charge in [0, 0.05) is 17.6 Å². The molecule has 0 aliphatic carbocycles. The summed E-state index contributed by atoms with van der Waals surface area (Å²) >= 11 is 5.81. The molecule has 3 nitrogen and oxygen atoms in total. The summed E-state index contributed by atoms with van der Waals surface area (Å²) in [6.07, 6.45) is 1.92. The standard InChI is InChI=1S/C12H15ClN2O/c13-10-4-1-9(2-5-10)3-6-11-7-14-8-12(16)15-11/h1-2,4-5,11,14H,3,6-8H2,(H,15,16).